The van der Waals surface area contributed by atoms with Crippen molar-refractivity contribution in [1.29, 1.82) is 0 Å². The third kappa shape index (κ3) is 3.82. The lowest BCUT2D eigenvalue weighted by atomic mass is 10.1. The summed E-state index contributed by atoms with van der Waals surface area (Å²) in [5.41, 5.74) is 1.42. The number of rotatable bonds is 5. The van der Waals surface area contributed by atoms with E-state index in [2.05, 4.69) is 6.58 Å². The van der Waals surface area contributed by atoms with Gasteiger partial charge in [0, 0.05) is 18.1 Å². The summed E-state index contributed by atoms with van der Waals surface area (Å²) in [6.07, 6.45) is 0. The van der Waals surface area contributed by atoms with Crippen LogP contribution in [0.2, 0.25) is 0 Å². The summed E-state index contributed by atoms with van der Waals surface area (Å²) in [7, 11) is 0. The molecule has 0 N–H and O–H groups in total. The number of amides is 1. The molecule has 2 aromatic rings. The lowest BCUT2D eigenvalue weighted by Crippen LogP contribution is -2.38. The molecule has 0 aliphatic rings. The second-order valence-electron chi connectivity index (χ2n) is 5.09. The first-order valence-corrected chi connectivity index (χ1v) is 6.99. The van der Waals surface area contributed by atoms with Gasteiger partial charge in [-0.3, -0.25) is 4.79 Å². The van der Waals surface area contributed by atoms with Crippen LogP contribution in [0.25, 0.3) is 5.57 Å². The Kier molecular flexibility index (Phi) is 4.07. The average molecular weight is 281 g/mol. The van der Waals surface area contributed by atoms with Crippen molar-refractivity contribution in [3.63, 3.8) is 0 Å². The lowest BCUT2D eigenvalue weighted by molar-refractivity contribution is 0.0732. The molecule has 0 aromatic heterocycles. The van der Waals surface area contributed by atoms with E-state index in [4.69, 9.17) is 2.74 Å². The van der Waals surface area contributed by atoms with Crippen LogP contribution in [0.3, 0.4) is 0 Å². The molecule has 2 aromatic carbocycles. The van der Waals surface area contributed by atoms with Crippen LogP contribution in [0.5, 0.6) is 0 Å². The Hall–Kier alpha value is -2.35. The summed E-state index contributed by atoms with van der Waals surface area (Å²) in [6.45, 7) is 5.53. The highest BCUT2D eigenvalue weighted by atomic mass is 16.2. The van der Waals surface area contributed by atoms with E-state index >= 15 is 0 Å². The highest BCUT2D eigenvalue weighted by molar-refractivity contribution is 5.95. The van der Waals surface area contributed by atoms with Gasteiger partial charge in [0.1, 0.15) is 0 Å². The maximum Gasteiger partial charge on any atom is 0.254 e. The minimum atomic E-state index is -1.98. The fourth-order valence-electron chi connectivity index (χ4n) is 1.98. The van der Waals surface area contributed by atoms with Gasteiger partial charge in [0.15, 0.2) is 0 Å². The molecule has 21 heavy (non-hydrogen) atoms. The summed E-state index contributed by atoms with van der Waals surface area (Å²) in [5.74, 6) is -0.345. The van der Waals surface area contributed by atoms with Gasteiger partial charge in [0.25, 0.3) is 5.91 Å². The number of benzene rings is 2. The number of carbonyl (C=O) groups is 1. The first-order chi connectivity index (χ1) is 10.9. The predicted molar refractivity (Wildman–Crippen MR) is 88.1 cm³/mol. The minimum absolute atomic E-state index is 0.274. The van der Waals surface area contributed by atoms with Gasteiger partial charge in [0.2, 0.25) is 0 Å². The van der Waals surface area contributed by atoms with E-state index in [1.54, 1.807) is 50.2 Å². The normalized spacial score (nSPS) is 12.5. The molecule has 0 atom stereocenters. The van der Waals surface area contributed by atoms with Gasteiger partial charge in [-0.15, -0.1) is 0 Å². The van der Waals surface area contributed by atoms with Crippen molar-refractivity contribution in [1.82, 2.24) is 4.90 Å². The molecule has 0 unspecified atom stereocenters. The second-order valence-corrected chi connectivity index (χ2v) is 5.09. The monoisotopic (exact) mass is 281 g/mol. The smallest absolute Gasteiger partial charge is 0.254 e. The summed E-state index contributed by atoms with van der Waals surface area (Å²) >= 11 is 0. The third-order valence-corrected chi connectivity index (χ3v) is 3.13. The molecule has 0 bridgehead atoms. The summed E-state index contributed by atoms with van der Waals surface area (Å²) < 4.78 is 17.0. The zero-order valence-electron chi connectivity index (χ0n) is 14.4. The molecule has 0 aliphatic carbocycles. The van der Waals surface area contributed by atoms with Crippen LogP contribution < -0.4 is 0 Å². The molecule has 2 rings (SSSR count). The molecule has 0 radical (unpaired) electrons. The molecule has 2 nitrogen and oxygen atoms in total. The van der Waals surface area contributed by atoms with Crippen LogP contribution in [0.4, 0.5) is 0 Å². The van der Waals surface area contributed by atoms with Crippen molar-refractivity contribution in [2.45, 2.75) is 19.9 Å². The lowest BCUT2D eigenvalue weighted by Gasteiger charge is -2.28. The van der Waals surface area contributed by atoms with Crippen molar-refractivity contribution in [3.05, 3.63) is 78.4 Å². The van der Waals surface area contributed by atoms with Gasteiger partial charge in [0.05, 0.1) is 2.74 Å². The summed E-state index contributed by atoms with van der Waals surface area (Å²) in [4.78, 5) is 14.1. The second kappa shape index (κ2) is 6.89. The standard InChI is InChI=1S/C19H21NO/c1-15(2)20(19(21)18-12-8-5-9-13-18)14-16(3)17-10-6-4-7-11-17/h4-13,15H,3,14H2,1-2H3/i14D2. The quantitative estimate of drug-likeness (QED) is 0.802. The number of nitrogens with zero attached hydrogens (tertiary/aromatic N) is 1. The predicted octanol–water partition coefficient (Wildman–Crippen LogP) is 4.25. The Balaban J connectivity index is 2.40. The Morgan fingerprint density at radius 1 is 1.05 bits per heavy atom. The number of carbonyl (C=O) groups excluding carboxylic acids is 1. The number of hydrogen-bond donors (Lipinski definition) is 0. The molecule has 0 heterocycles. The largest absolute Gasteiger partial charge is 0.332 e. The van der Waals surface area contributed by atoms with E-state index in [1.807, 2.05) is 24.3 Å². The Morgan fingerprint density at radius 3 is 2.00 bits per heavy atom. The molecule has 0 saturated heterocycles. The van der Waals surface area contributed by atoms with E-state index in [1.165, 1.54) is 4.90 Å². The van der Waals surface area contributed by atoms with E-state index in [0.29, 0.717) is 11.1 Å². The fourth-order valence-corrected chi connectivity index (χ4v) is 1.98. The fraction of sp³-hybridized carbons (Fsp3) is 0.211. The Morgan fingerprint density at radius 2 is 1.52 bits per heavy atom. The molecule has 1 amide bonds. The van der Waals surface area contributed by atoms with Crippen molar-refractivity contribution in [2.75, 3.05) is 6.50 Å². The molecule has 0 fully saturated rings. The Bertz CT molecular complexity index is 681. The van der Waals surface area contributed by atoms with E-state index in [9.17, 15) is 4.79 Å². The van der Waals surface area contributed by atoms with Crippen LogP contribution in [-0.2, 0) is 0 Å². The molecule has 0 saturated carbocycles. The first-order valence-electron chi connectivity index (χ1n) is 7.99. The van der Waals surface area contributed by atoms with Gasteiger partial charge in [-0.1, -0.05) is 55.1 Å². The molecule has 0 spiro atoms. The zero-order chi connectivity index (χ0) is 17.0. The highest BCUT2D eigenvalue weighted by Gasteiger charge is 2.19. The van der Waals surface area contributed by atoms with Crippen molar-refractivity contribution in [3.8, 4) is 0 Å². The maximum atomic E-state index is 12.8. The molecular formula is C19H21NO. The zero-order valence-corrected chi connectivity index (χ0v) is 12.4. The molecule has 0 aliphatic heterocycles. The van der Waals surface area contributed by atoms with E-state index < -0.39 is 6.50 Å². The van der Waals surface area contributed by atoms with Crippen molar-refractivity contribution < 1.29 is 7.54 Å². The first kappa shape index (κ1) is 12.4. The summed E-state index contributed by atoms with van der Waals surface area (Å²) in [6, 6.07) is 17.6. The van der Waals surface area contributed by atoms with Crippen molar-refractivity contribution in [2.24, 2.45) is 0 Å². The third-order valence-electron chi connectivity index (χ3n) is 3.13. The molecule has 2 heteroatoms. The van der Waals surface area contributed by atoms with Gasteiger partial charge in [-0.05, 0) is 37.1 Å². The van der Waals surface area contributed by atoms with Crippen LogP contribution in [-0.4, -0.2) is 23.3 Å². The maximum absolute atomic E-state index is 12.8. The van der Waals surface area contributed by atoms with Crippen LogP contribution in [0.1, 0.15) is 32.5 Å². The van der Waals surface area contributed by atoms with Crippen molar-refractivity contribution >= 4 is 11.5 Å². The minimum Gasteiger partial charge on any atom is -0.332 e. The Labute approximate surface area is 129 Å². The van der Waals surface area contributed by atoms with Crippen LogP contribution >= 0.6 is 0 Å². The number of hydrogen-bond acceptors (Lipinski definition) is 1. The van der Waals surface area contributed by atoms with E-state index in [-0.39, 0.29) is 17.5 Å². The van der Waals surface area contributed by atoms with Crippen LogP contribution in [0, 0.1) is 0 Å². The van der Waals surface area contributed by atoms with Gasteiger partial charge < -0.3 is 4.90 Å². The average Bonchev–Trinajstić information content (AvgIpc) is 2.55. The van der Waals surface area contributed by atoms with E-state index in [0.717, 1.165) is 0 Å². The topological polar surface area (TPSA) is 20.3 Å². The van der Waals surface area contributed by atoms with Gasteiger partial charge >= 0.3 is 0 Å². The van der Waals surface area contributed by atoms with Gasteiger partial charge in [-0.2, -0.15) is 0 Å². The molecular weight excluding hydrogens is 258 g/mol. The highest BCUT2D eigenvalue weighted by Crippen LogP contribution is 2.17. The van der Waals surface area contributed by atoms with Gasteiger partial charge in [-0.25, -0.2) is 0 Å². The SMILES string of the molecule is [2H]C([2H])(C(=C)c1ccccc1)N(C(=O)c1ccccc1)C(C)C. The van der Waals surface area contributed by atoms with Crippen LogP contribution in [0.15, 0.2) is 67.2 Å². The molecule has 108 valence electrons. The summed E-state index contributed by atoms with van der Waals surface area (Å²) in [5, 5.41) is 0.